The normalized spacial score (nSPS) is 10.2. The Bertz CT molecular complexity index is 492. The van der Waals surface area contributed by atoms with Gasteiger partial charge >= 0.3 is 5.97 Å². The van der Waals surface area contributed by atoms with Crippen LogP contribution in [-0.2, 0) is 9.53 Å². The van der Waals surface area contributed by atoms with Gasteiger partial charge in [-0.1, -0.05) is 29.6 Å². The van der Waals surface area contributed by atoms with Crippen molar-refractivity contribution in [2.45, 2.75) is 32.6 Å². The van der Waals surface area contributed by atoms with Gasteiger partial charge < -0.3 is 10.1 Å². The third-order valence-corrected chi connectivity index (χ3v) is 3.57. The lowest BCUT2D eigenvalue weighted by Crippen LogP contribution is -2.24. The average Bonchev–Trinajstić information content (AvgIpc) is 2.45. The Labute approximate surface area is 134 Å². The number of ether oxygens (including phenoxy) is 1. The Hall–Kier alpha value is -1.26. The largest absolute Gasteiger partial charge is 0.466 e. The number of hydrogen-bond donors (Lipinski definition) is 1. The second-order valence-corrected chi connectivity index (χ2v) is 5.31. The van der Waals surface area contributed by atoms with E-state index in [0.29, 0.717) is 35.2 Å². The van der Waals surface area contributed by atoms with Gasteiger partial charge in [-0.05, 0) is 38.0 Å². The standard InChI is InChI=1S/C15H19Cl2NO3/c1-2-21-14(19)6-4-3-5-9-18-15(20)11-7-8-12(16)13(17)10-11/h7-8,10H,2-6,9H2,1H3,(H,18,20). The Morgan fingerprint density at radius 2 is 1.90 bits per heavy atom. The first-order chi connectivity index (χ1) is 10.0. The average molecular weight is 332 g/mol. The Kier molecular flexibility index (Phi) is 8.16. The maximum absolute atomic E-state index is 11.8. The van der Waals surface area contributed by atoms with Crippen LogP contribution < -0.4 is 5.32 Å². The molecule has 1 N–H and O–H groups in total. The number of amides is 1. The van der Waals surface area contributed by atoms with Gasteiger partial charge in [0.05, 0.1) is 16.7 Å². The maximum Gasteiger partial charge on any atom is 0.305 e. The van der Waals surface area contributed by atoms with Crippen LogP contribution in [0.25, 0.3) is 0 Å². The van der Waals surface area contributed by atoms with E-state index in [9.17, 15) is 9.59 Å². The lowest BCUT2D eigenvalue weighted by molar-refractivity contribution is -0.143. The van der Waals surface area contributed by atoms with Gasteiger partial charge in [-0.2, -0.15) is 0 Å². The van der Waals surface area contributed by atoms with Crippen LogP contribution in [0.15, 0.2) is 18.2 Å². The minimum atomic E-state index is -0.182. The molecular formula is C15H19Cl2NO3. The van der Waals surface area contributed by atoms with E-state index in [4.69, 9.17) is 27.9 Å². The number of carbonyl (C=O) groups is 2. The molecule has 0 aliphatic rings. The molecule has 0 aromatic heterocycles. The van der Waals surface area contributed by atoms with Crippen LogP contribution in [0.2, 0.25) is 10.0 Å². The smallest absolute Gasteiger partial charge is 0.305 e. The van der Waals surface area contributed by atoms with Gasteiger partial charge in [0.15, 0.2) is 0 Å². The molecule has 0 fully saturated rings. The van der Waals surface area contributed by atoms with Crippen LogP contribution in [0.5, 0.6) is 0 Å². The monoisotopic (exact) mass is 331 g/mol. The van der Waals surface area contributed by atoms with Gasteiger partial charge in [-0.15, -0.1) is 0 Å². The molecular weight excluding hydrogens is 313 g/mol. The summed E-state index contributed by atoms with van der Waals surface area (Å²) < 4.78 is 4.83. The molecule has 1 aromatic carbocycles. The first kappa shape index (κ1) is 17.8. The molecule has 0 saturated carbocycles. The van der Waals surface area contributed by atoms with Gasteiger partial charge in [0.1, 0.15) is 0 Å². The molecule has 1 rings (SSSR count). The van der Waals surface area contributed by atoms with E-state index in [0.717, 1.165) is 19.3 Å². The van der Waals surface area contributed by atoms with E-state index in [1.165, 1.54) is 0 Å². The molecule has 0 heterocycles. The Morgan fingerprint density at radius 1 is 1.14 bits per heavy atom. The summed E-state index contributed by atoms with van der Waals surface area (Å²) in [5.41, 5.74) is 0.482. The second kappa shape index (κ2) is 9.64. The molecule has 1 amide bonds. The quantitative estimate of drug-likeness (QED) is 0.581. The maximum atomic E-state index is 11.8. The molecule has 0 spiro atoms. The van der Waals surface area contributed by atoms with E-state index in [1.807, 2.05) is 0 Å². The fraction of sp³-hybridized carbons (Fsp3) is 0.467. The second-order valence-electron chi connectivity index (χ2n) is 4.50. The highest BCUT2D eigenvalue weighted by Crippen LogP contribution is 2.22. The Balaban J connectivity index is 2.19. The van der Waals surface area contributed by atoms with Crippen LogP contribution in [0, 0.1) is 0 Å². The fourth-order valence-corrected chi connectivity index (χ4v) is 2.04. The van der Waals surface area contributed by atoms with Crippen LogP contribution >= 0.6 is 23.2 Å². The highest BCUT2D eigenvalue weighted by molar-refractivity contribution is 6.42. The summed E-state index contributed by atoms with van der Waals surface area (Å²) in [6.07, 6.45) is 2.86. The molecule has 0 radical (unpaired) electrons. The third kappa shape index (κ3) is 6.82. The molecule has 116 valence electrons. The number of hydrogen-bond acceptors (Lipinski definition) is 3. The predicted molar refractivity (Wildman–Crippen MR) is 83.9 cm³/mol. The van der Waals surface area contributed by atoms with Crippen molar-refractivity contribution in [1.82, 2.24) is 5.32 Å². The zero-order valence-electron chi connectivity index (χ0n) is 12.0. The van der Waals surface area contributed by atoms with Crippen LogP contribution in [-0.4, -0.2) is 25.0 Å². The SMILES string of the molecule is CCOC(=O)CCCCCNC(=O)c1ccc(Cl)c(Cl)c1. The van der Waals surface area contributed by atoms with Crippen LogP contribution in [0.1, 0.15) is 43.0 Å². The molecule has 21 heavy (non-hydrogen) atoms. The van der Waals surface area contributed by atoms with E-state index in [-0.39, 0.29) is 11.9 Å². The molecule has 1 aromatic rings. The first-order valence-electron chi connectivity index (χ1n) is 6.93. The number of halogens is 2. The van der Waals surface area contributed by atoms with Crippen LogP contribution in [0.3, 0.4) is 0 Å². The molecule has 0 saturated heterocycles. The summed E-state index contributed by atoms with van der Waals surface area (Å²) in [6.45, 7) is 2.76. The van der Waals surface area contributed by atoms with Gasteiger partial charge in [-0.3, -0.25) is 9.59 Å². The fourth-order valence-electron chi connectivity index (χ4n) is 1.75. The van der Waals surface area contributed by atoms with Gasteiger partial charge in [0.2, 0.25) is 0 Å². The van der Waals surface area contributed by atoms with Gasteiger partial charge in [0, 0.05) is 18.5 Å². The van der Waals surface area contributed by atoms with Crippen molar-refractivity contribution in [3.05, 3.63) is 33.8 Å². The van der Waals surface area contributed by atoms with Gasteiger partial charge in [0.25, 0.3) is 5.91 Å². The van der Waals surface area contributed by atoms with E-state index >= 15 is 0 Å². The van der Waals surface area contributed by atoms with Crippen molar-refractivity contribution in [2.75, 3.05) is 13.2 Å². The first-order valence-corrected chi connectivity index (χ1v) is 7.69. The van der Waals surface area contributed by atoms with Crippen molar-refractivity contribution in [2.24, 2.45) is 0 Å². The highest BCUT2D eigenvalue weighted by atomic mass is 35.5. The number of benzene rings is 1. The zero-order valence-corrected chi connectivity index (χ0v) is 13.5. The lowest BCUT2D eigenvalue weighted by atomic mass is 10.2. The summed E-state index contributed by atoms with van der Waals surface area (Å²) in [4.78, 5) is 23.0. The van der Waals surface area contributed by atoms with Crippen molar-refractivity contribution in [3.63, 3.8) is 0 Å². The molecule has 0 unspecified atom stereocenters. The molecule has 0 aliphatic heterocycles. The summed E-state index contributed by atoms with van der Waals surface area (Å²) >= 11 is 11.7. The zero-order chi connectivity index (χ0) is 15.7. The molecule has 6 heteroatoms. The molecule has 0 bridgehead atoms. The molecule has 0 aliphatic carbocycles. The van der Waals surface area contributed by atoms with E-state index in [1.54, 1.807) is 25.1 Å². The summed E-state index contributed by atoms with van der Waals surface area (Å²) in [6, 6.07) is 4.77. The van der Waals surface area contributed by atoms with Crippen molar-refractivity contribution in [3.8, 4) is 0 Å². The number of esters is 1. The predicted octanol–water partition coefficient (Wildman–Crippen LogP) is 3.85. The summed E-state index contributed by atoms with van der Waals surface area (Å²) in [7, 11) is 0. The highest BCUT2D eigenvalue weighted by Gasteiger charge is 2.07. The van der Waals surface area contributed by atoms with E-state index < -0.39 is 0 Å². The number of carbonyl (C=O) groups excluding carboxylic acids is 2. The topological polar surface area (TPSA) is 55.4 Å². The number of nitrogens with one attached hydrogen (secondary N) is 1. The van der Waals surface area contributed by atoms with Crippen molar-refractivity contribution < 1.29 is 14.3 Å². The minimum Gasteiger partial charge on any atom is -0.466 e. The van der Waals surface area contributed by atoms with Crippen molar-refractivity contribution in [1.29, 1.82) is 0 Å². The minimum absolute atomic E-state index is 0.169. The van der Waals surface area contributed by atoms with Crippen LogP contribution in [0.4, 0.5) is 0 Å². The van der Waals surface area contributed by atoms with E-state index in [2.05, 4.69) is 5.32 Å². The summed E-state index contributed by atoms with van der Waals surface area (Å²) in [5.74, 6) is -0.351. The third-order valence-electron chi connectivity index (χ3n) is 2.83. The molecule has 4 nitrogen and oxygen atoms in total. The Morgan fingerprint density at radius 3 is 2.57 bits per heavy atom. The van der Waals surface area contributed by atoms with Crippen molar-refractivity contribution >= 4 is 35.1 Å². The lowest BCUT2D eigenvalue weighted by Gasteiger charge is -2.06. The number of unbranched alkanes of at least 4 members (excludes halogenated alkanes) is 2. The molecule has 0 atom stereocenters. The number of rotatable bonds is 8. The van der Waals surface area contributed by atoms with Gasteiger partial charge in [-0.25, -0.2) is 0 Å². The summed E-state index contributed by atoms with van der Waals surface area (Å²) in [5, 5.41) is 3.59.